The summed E-state index contributed by atoms with van der Waals surface area (Å²) < 4.78 is 0. The number of rotatable bonds is 3. The Morgan fingerprint density at radius 1 is 1.00 bits per heavy atom. The third-order valence-corrected chi connectivity index (χ3v) is 5.78. The molecule has 2 aromatic rings. The quantitative estimate of drug-likeness (QED) is 0.362. The number of para-hydroxylation sites is 1. The molecule has 5 heteroatoms. The van der Waals surface area contributed by atoms with Gasteiger partial charge in [0.1, 0.15) is 5.75 Å². The van der Waals surface area contributed by atoms with Gasteiger partial charge in [-0.05, 0) is 55.6 Å². The van der Waals surface area contributed by atoms with Gasteiger partial charge in [0.2, 0.25) is 0 Å². The van der Waals surface area contributed by atoms with Crippen LogP contribution in [0.25, 0.3) is 11.1 Å². The summed E-state index contributed by atoms with van der Waals surface area (Å²) in [5.41, 5.74) is 4.33. The molecule has 3 rings (SSSR count). The van der Waals surface area contributed by atoms with Crippen molar-refractivity contribution >= 4 is 24.8 Å². The van der Waals surface area contributed by atoms with Crippen molar-refractivity contribution in [2.24, 2.45) is 16.3 Å². The first kappa shape index (κ1) is 24.5. The molecule has 2 nitrogen and oxygen atoms in total. The maximum atomic E-state index is 10.7. The fourth-order valence-corrected chi connectivity index (χ4v) is 3.91. The van der Waals surface area contributed by atoms with Crippen LogP contribution in [0, 0.1) is 18.3 Å². The zero-order valence-corrected chi connectivity index (χ0v) is 20.8. The first-order valence-corrected chi connectivity index (χ1v) is 14.4. The van der Waals surface area contributed by atoms with Gasteiger partial charge in [0.15, 0.2) is 0 Å². The average Bonchev–Trinajstić information content (AvgIpc) is 2.68. The van der Waals surface area contributed by atoms with E-state index in [1.54, 1.807) is 0 Å². The molecule has 1 aliphatic rings. The Hall–Kier alpha value is -0.796. The van der Waals surface area contributed by atoms with Crippen LogP contribution in [0.3, 0.4) is 0 Å². The number of nitrogens with zero attached hydrogens (tertiary/aromatic N) is 1. The van der Waals surface area contributed by atoms with Crippen molar-refractivity contribution in [2.75, 3.05) is 0 Å². The number of halogens is 2. The predicted molar refractivity (Wildman–Crippen MR) is 123 cm³/mol. The molecule has 0 aromatic heterocycles. The third kappa shape index (κ3) is 7.44. The van der Waals surface area contributed by atoms with E-state index in [9.17, 15) is 5.11 Å². The number of hydrogen-bond donors (Lipinski definition) is 1. The Morgan fingerprint density at radius 3 is 2.14 bits per heavy atom. The third-order valence-electron chi connectivity index (χ3n) is 5.78. The van der Waals surface area contributed by atoms with Gasteiger partial charge in [-0.25, -0.2) is 0 Å². The molecular formula is C24H31Cl2NOTi. The van der Waals surface area contributed by atoms with Crippen molar-refractivity contribution in [1.29, 1.82) is 0 Å². The summed E-state index contributed by atoms with van der Waals surface area (Å²) in [6.45, 7) is 9.10. The van der Waals surface area contributed by atoms with Gasteiger partial charge in [-0.2, -0.15) is 0 Å². The van der Waals surface area contributed by atoms with Crippen molar-refractivity contribution < 1.29 is 22.1 Å². The van der Waals surface area contributed by atoms with Gasteiger partial charge >= 0.3 is 35.6 Å². The number of aryl methyl sites for hydroxylation is 1. The first-order valence-electron chi connectivity index (χ1n) is 10.1. The molecule has 0 bridgehead atoms. The summed E-state index contributed by atoms with van der Waals surface area (Å²) in [5.74, 6) is 1.12. The van der Waals surface area contributed by atoms with Crippen LogP contribution >= 0.6 is 18.6 Å². The maximum absolute atomic E-state index is 10.7. The second-order valence-corrected chi connectivity index (χ2v) is 11.4. The molecule has 0 amide bonds. The molecule has 0 heterocycles. The number of benzene rings is 2. The summed E-state index contributed by atoms with van der Waals surface area (Å²) >= 11 is -0.556. The molecule has 0 unspecified atom stereocenters. The van der Waals surface area contributed by atoms with Crippen LogP contribution in [0.2, 0.25) is 0 Å². The summed E-state index contributed by atoms with van der Waals surface area (Å²) in [6.07, 6.45) is 6.67. The van der Waals surface area contributed by atoms with Crippen LogP contribution in [0.15, 0.2) is 47.5 Å². The van der Waals surface area contributed by atoms with Crippen LogP contribution < -0.4 is 0 Å². The molecule has 0 spiro atoms. The zero-order valence-electron chi connectivity index (χ0n) is 17.8. The Bertz CT molecular complexity index is 792. The first-order chi connectivity index (χ1) is 13.8. The van der Waals surface area contributed by atoms with Gasteiger partial charge < -0.3 is 5.11 Å². The number of hydrogen-bond acceptors (Lipinski definition) is 2. The zero-order chi connectivity index (χ0) is 21.4. The number of phenols is 1. The monoisotopic (exact) mass is 467 g/mol. The number of aliphatic imine (C=N–C) groups is 1. The molecule has 1 saturated carbocycles. The molecule has 1 aliphatic carbocycles. The fraction of sp³-hybridized carbons (Fsp3) is 0.458. The summed E-state index contributed by atoms with van der Waals surface area (Å²) in [6, 6.07) is 14.5. The van der Waals surface area contributed by atoms with Crippen LogP contribution in [0.4, 0.5) is 0 Å². The number of aromatic hydroxyl groups is 1. The van der Waals surface area contributed by atoms with Crippen LogP contribution in [-0.2, 0) is 17.0 Å². The van der Waals surface area contributed by atoms with E-state index < -0.39 is 17.0 Å². The van der Waals surface area contributed by atoms with Crippen molar-refractivity contribution in [3.05, 3.63) is 53.6 Å². The van der Waals surface area contributed by atoms with E-state index in [4.69, 9.17) is 23.6 Å². The summed E-state index contributed by atoms with van der Waals surface area (Å²) in [5, 5.41) is 10.7. The Morgan fingerprint density at radius 2 is 1.59 bits per heavy atom. The van der Waals surface area contributed by atoms with Gasteiger partial charge in [-0.1, -0.05) is 62.7 Å². The van der Waals surface area contributed by atoms with Crippen LogP contribution in [0.1, 0.15) is 57.6 Å². The van der Waals surface area contributed by atoms with Crippen molar-refractivity contribution in [2.45, 2.75) is 59.4 Å². The van der Waals surface area contributed by atoms with E-state index in [2.05, 4.69) is 52.0 Å². The SMILES string of the molecule is Cc1ccc(-c2cccc(C=NC3CCC(C(C)(C)C)CC3)c2O)cc1.[Cl][Ti][Cl]. The molecule has 0 aliphatic heterocycles. The molecule has 1 N–H and O–H groups in total. The van der Waals surface area contributed by atoms with Crippen LogP contribution in [-0.4, -0.2) is 17.4 Å². The summed E-state index contributed by atoms with van der Waals surface area (Å²) in [4.78, 5) is 4.79. The van der Waals surface area contributed by atoms with Gasteiger partial charge in [0.25, 0.3) is 0 Å². The second-order valence-electron chi connectivity index (χ2n) is 8.83. The molecule has 0 atom stereocenters. The van der Waals surface area contributed by atoms with E-state index in [-0.39, 0.29) is 0 Å². The van der Waals surface area contributed by atoms with E-state index in [1.807, 2.05) is 24.4 Å². The Labute approximate surface area is 192 Å². The molecule has 0 radical (unpaired) electrons. The predicted octanol–water partition coefficient (Wildman–Crippen LogP) is 7.77. The van der Waals surface area contributed by atoms with Crippen molar-refractivity contribution in [3.63, 3.8) is 0 Å². The van der Waals surface area contributed by atoms with Crippen LogP contribution in [0.5, 0.6) is 5.75 Å². The molecule has 29 heavy (non-hydrogen) atoms. The van der Waals surface area contributed by atoms with E-state index in [1.165, 1.54) is 18.4 Å². The minimum atomic E-state index is -0.556. The topological polar surface area (TPSA) is 32.6 Å². The molecule has 156 valence electrons. The second kappa shape index (κ2) is 11.6. The fourth-order valence-electron chi connectivity index (χ4n) is 3.91. The normalized spacial score (nSPS) is 19.5. The van der Waals surface area contributed by atoms with E-state index >= 15 is 0 Å². The van der Waals surface area contributed by atoms with Gasteiger partial charge in [0.05, 0.1) is 0 Å². The van der Waals surface area contributed by atoms with Crippen molar-refractivity contribution in [1.82, 2.24) is 0 Å². The molecule has 1 fully saturated rings. The molecule has 0 saturated heterocycles. The number of phenolic OH excluding ortho intramolecular Hbond substituents is 1. The van der Waals surface area contributed by atoms with E-state index in [0.717, 1.165) is 35.4 Å². The average molecular weight is 468 g/mol. The standard InChI is InChI=1S/C24H31NO.2ClH.Ti/c1-17-8-10-18(11-9-17)22-7-5-6-19(23(22)26)16-25-21-14-12-20(13-15-21)24(2,3)4;;;/h5-11,16,20-21,26H,12-15H2,1-4H3;2*1H;/q;;;+2/p-2. The van der Waals surface area contributed by atoms with Crippen molar-refractivity contribution in [3.8, 4) is 16.9 Å². The molecule has 2 aromatic carbocycles. The Balaban J connectivity index is 0.000000941. The molecular weight excluding hydrogens is 437 g/mol. The minimum absolute atomic E-state index is 0.323. The van der Waals surface area contributed by atoms with Gasteiger partial charge in [-0.15, -0.1) is 0 Å². The Kier molecular flexibility index (Phi) is 9.75. The van der Waals surface area contributed by atoms with E-state index in [0.29, 0.717) is 17.2 Å². The van der Waals surface area contributed by atoms with Gasteiger partial charge in [-0.3, -0.25) is 4.99 Å². The van der Waals surface area contributed by atoms with Gasteiger partial charge in [0, 0.05) is 23.4 Å². The summed E-state index contributed by atoms with van der Waals surface area (Å²) in [7, 11) is 9.78.